The number of carbonyl (C=O) groups excluding carboxylic acids is 1. The predicted molar refractivity (Wildman–Crippen MR) is 64.1 cm³/mol. The van der Waals surface area contributed by atoms with Crippen molar-refractivity contribution in [2.75, 3.05) is 12.2 Å². The molecule has 0 saturated heterocycles. The van der Waals surface area contributed by atoms with Crippen LogP contribution in [0.4, 0.5) is 5.69 Å². The average Bonchev–Trinajstić information content (AvgIpc) is 2.31. The Morgan fingerprint density at radius 2 is 2.00 bits per heavy atom. The zero-order valence-electron chi connectivity index (χ0n) is 9.30. The van der Waals surface area contributed by atoms with E-state index in [1.54, 1.807) is 18.2 Å². The van der Waals surface area contributed by atoms with Gasteiger partial charge in [0.05, 0.1) is 18.4 Å². The number of hydrogen-bond acceptors (Lipinski definition) is 5. The minimum atomic E-state index is -0.376. The molecule has 0 N–H and O–H groups in total. The van der Waals surface area contributed by atoms with Gasteiger partial charge in [-0.3, -0.25) is 0 Å². The van der Waals surface area contributed by atoms with E-state index in [9.17, 15) is 4.79 Å². The molecule has 16 heavy (non-hydrogen) atoms. The fourth-order valence-electron chi connectivity index (χ4n) is 1.32. The molecule has 5 heteroatoms. The molecular formula is C11H13N3O2. The van der Waals surface area contributed by atoms with Crippen molar-refractivity contribution in [2.24, 2.45) is 10.2 Å². The number of hydrogen-bond donors (Lipinski definition) is 0. The van der Waals surface area contributed by atoms with Crippen LogP contribution in [0.15, 0.2) is 28.4 Å². The second-order valence-corrected chi connectivity index (χ2v) is 3.07. The van der Waals surface area contributed by atoms with E-state index in [0.717, 1.165) is 11.3 Å². The van der Waals surface area contributed by atoms with E-state index in [0.29, 0.717) is 5.56 Å². The minimum Gasteiger partial charge on any atom is -0.465 e. The summed E-state index contributed by atoms with van der Waals surface area (Å²) in [7, 11) is 1.34. The monoisotopic (exact) mass is 219 g/mol. The fraction of sp³-hybridized carbons (Fsp3) is 0.182. The lowest BCUT2D eigenvalue weighted by Crippen LogP contribution is -2.09. The molecular weight excluding hydrogens is 206 g/mol. The molecule has 0 fully saturated rings. The first-order valence-corrected chi connectivity index (χ1v) is 4.56. The van der Waals surface area contributed by atoms with Gasteiger partial charge in [-0.05, 0) is 30.7 Å². The third kappa shape index (κ3) is 2.25. The molecule has 0 heterocycles. The van der Waals surface area contributed by atoms with Crippen molar-refractivity contribution in [1.82, 2.24) is 0 Å². The van der Waals surface area contributed by atoms with Crippen molar-refractivity contribution in [1.29, 1.82) is 0 Å². The molecule has 0 atom stereocenters. The Labute approximate surface area is 94.0 Å². The Morgan fingerprint density at radius 1 is 1.38 bits per heavy atom. The third-order valence-electron chi connectivity index (χ3n) is 2.10. The van der Waals surface area contributed by atoms with Gasteiger partial charge in [-0.1, -0.05) is 0 Å². The smallest absolute Gasteiger partial charge is 0.337 e. The summed E-state index contributed by atoms with van der Waals surface area (Å²) in [6.07, 6.45) is 0. The maximum atomic E-state index is 11.3. The summed E-state index contributed by atoms with van der Waals surface area (Å²) < 4.78 is 4.62. The van der Waals surface area contributed by atoms with Crippen LogP contribution < -0.4 is 5.12 Å². The van der Waals surface area contributed by atoms with Gasteiger partial charge in [-0.2, -0.15) is 15.3 Å². The van der Waals surface area contributed by atoms with E-state index in [1.165, 1.54) is 12.2 Å². The van der Waals surface area contributed by atoms with Crippen LogP contribution in [0.2, 0.25) is 0 Å². The second kappa shape index (κ2) is 5.06. The normalized spacial score (nSPS) is 9.38. The number of anilines is 1. The van der Waals surface area contributed by atoms with E-state index in [-0.39, 0.29) is 5.97 Å². The maximum absolute atomic E-state index is 11.3. The maximum Gasteiger partial charge on any atom is 0.337 e. The highest BCUT2D eigenvalue weighted by molar-refractivity contribution is 5.90. The fourth-order valence-corrected chi connectivity index (χ4v) is 1.32. The molecule has 0 bridgehead atoms. The predicted octanol–water partition coefficient (Wildman–Crippen LogP) is 1.82. The van der Waals surface area contributed by atoms with Gasteiger partial charge < -0.3 is 4.74 Å². The molecule has 0 unspecified atom stereocenters. The number of aryl methyl sites for hydroxylation is 1. The highest BCUT2D eigenvalue weighted by Gasteiger charge is 2.10. The van der Waals surface area contributed by atoms with Gasteiger partial charge in [0, 0.05) is 13.4 Å². The lowest BCUT2D eigenvalue weighted by atomic mass is 10.1. The van der Waals surface area contributed by atoms with Crippen LogP contribution in [0.25, 0.3) is 0 Å². The average molecular weight is 219 g/mol. The van der Waals surface area contributed by atoms with Crippen LogP contribution in [0.1, 0.15) is 15.9 Å². The minimum absolute atomic E-state index is 0.376. The molecule has 0 aromatic heterocycles. The Bertz CT molecular complexity index is 421. The van der Waals surface area contributed by atoms with Gasteiger partial charge in [0.1, 0.15) is 0 Å². The molecule has 0 aliphatic rings. The molecule has 0 spiro atoms. The van der Waals surface area contributed by atoms with Crippen LogP contribution in [-0.2, 0) is 4.74 Å². The number of ether oxygens (including phenoxy) is 1. The molecule has 0 saturated carbocycles. The van der Waals surface area contributed by atoms with Crippen LogP contribution in [0, 0.1) is 6.92 Å². The quantitative estimate of drug-likeness (QED) is 0.441. The summed E-state index contributed by atoms with van der Waals surface area (Å²) >= 11 is 0. The van der Waals surface area contributed by atoms with Crippen LogP contribution in [0.5, 0.6) is 0 Å². The summed E-state index contributed by atoms with van der Waals surface area (Å²) in [6, 6.07) is 5.05. The number of rotatable bonds is 4. The molecule has 1 aromatic rings. The standard InChI is InChI=1S/C11H13N3O2/c1-8-7-9(11(15)16-4)5-6-10(8)14(12-2)13-3/h5-7H,2-3H2,1,4H3. The Hall–Kier alpha value is -2.17. The highest BCUT2D eigenvalue weighted by atomic mass is 16.5. The molecule has 1 aromatic carbocycles. The number of esters is 1. The number of nitrogens with zero attached hydrogens (tertiary/aromatic N) is 3. The number of benzene rings is 1. The van der Waals surface area contributed by atoms with Gasteiger partial charge in [0.2, 0.25) is 0 Å². The Morgan fingerprint density at radius 3 is 2.44 bits per heavy atom. The molecule has 5 nitrogen and oxygen atoms in total. The van der Waals surface area contributed by atoms with Crippen molar-refractivity contribution in [3.05, 3.63) is 29.3 Å². The number of hydrazone groups is 2. The molecule has 0 aliphatic carbocycles. The van der Waals surface area contributed by atoms with E-state index in [1.807, 2.05) is 6.92 Å². The summed E-state index contributed by atoms with van der Waals surface area (Å²) in [6.45, 7) is 8.59. The lowest BCUT2D eigenvalue weighted by Gasteiger charge is -2.14. The molecule has 84 valence electrons. The summed E-state index contributed by atoms with van der Waals surface area (Å²) in [4.78, 5) is 11.3. The van der Waals surface area contributed by atoms with Gasteiger partial charge in [0.25, 0.3) is 0 Å². The highest BCUT2D eigenvalue weighted by Crippen LogP contribution is 2.21. The van der Waals surface area contributed by atoms with Gasteiger partial charge >= 0.3 is 5.97 Å². The Balaban J connectivity index is 3.13. The Kier molecular flexibility index (Phi) is 3.77. The SMILES string of the molecule is C=NN(N=C)c1ccc(C(=O)OC)cc1C. The van der Waals surface area contributed by atoms with Crippen molar-refractivity contribution >= 4 is 25.1 Å². The van der Waals surface area contributed by atoms with E-state index >= 15 is 0 Å². The van der Waals surface area contributed by atoms with Gasteiger partial charge in [0.15, 0.2) is 0 Å². The third-order valence-corrected chi connectivity index (χ3v) is 2.10. The van der Waals surface area contributed by atoms with Crippen LogP contribution in [-0.4, -0.2) is 26.5 Å². The summed E-state index contributed by atoms with van der Waals surface area (Å²) in [5.41, 5.74) is 2.04. The van der Waals surface area contributed by atoms with E-state index in [2.05, 4.69) is 28.4 Å². The molecule has 0 radical (unpaired) electrons. The van der Waals surface area contributed by atoms with Crippen molar-refractivity contribution in [2.45, 2.75) is 6.92 Å². The zero-order valence-corrected chi connectivity index (χ0v) is 9.30. The first-order chi connectivity index (χ1) is 7.63. The van der Waals surface area contributed by atoms with E-state index < -0.39 is 0 Å². The second-order valence-electron chi connectivity index (χ2n) is 3.07. The summed E-state index contributed by atoms with van der Waals surface area (Å²) in [5.74, 6) is -0.376. The van der Waals surface area contributed by atoms with Crippen molar-refractivity contribution < 1.29 is 9.53 Å². The van der Waals surface area contributed by atoms with Crippen molar-refractivity contribution in [3.8, 4) is 0 Å². The van der Waals surface area contributed by atoms with E-state index in [4.69, 9.17) is 0 Å². The largest absolute Gasteiger partial charge is 0.465 e. The number of methoxy groups -OCH3 is 1. The number of carbonyl (C=O) groups is 1. The van der Waals surface area contributed by atoms with Crippen LogP contribution >= 0.6 is 0 Å². The first-order valence-electron chi connectivity index (χ1n) is 4.56. The molecule has 0 aliphatic heterocycles. The van der Waals surface area contributed by atoms with Crippen molar-refractivity contribution in [3.63, 3.8) is 0 Å². The zero-order chi connectivity index (χ0) is 12.1. The molecule has 1 rings (SSSR count). The van der Waals surface area contributed by atoms with Gasteiger partial charge in [-0.15, -0.1) is 0 Å². The summed E-state index contributed by atoms with van der Waals surface area (Å²) in [5, 5.41) is 8.63. The topological polar surface area (TPSA) is 54.3 Å². The van der Waals surface area contributed by atoms with Gasteiger partial charge in [-0.25, -0.2) is 4.79 Å². The first kappa shape index (κ1) is 11.9. The van der Waals surface area contributed by atoms with Crippen LogP contribution in [0.3, 0.4) is 0 Å². The lowest BCUT2D eigenvalue weighted by molar-refractivity contribution is 0.0600. The molecule has 0 amide bonds.